The van der Waals surface area contributed by atoms with Crippen LogP contribution in [0.1, 0.15) is 13.8 Å². The van der Waals surface area contributed by atoms with Crippen LogP contribution >= 0.6 is 0 Å². The molecule has 2 atom stereocenters. The van der Waals surface area contributed by atoms with Gasteiger partial charge in [0.2, 0.25) is 0 Å². The number of carbonyl (C=O) groups excluding carboxylic acids is 1. The van der Waals surface area contributed by atoms with Gasteiger partial charge in [-0.1, -0.05) is 0 Å². The van der Waals surface area contributed by atoms with E-state index < -0.39 is 0 Å². The third-order valence-electron chi connectivity index (χ3n) is 2.84. The number of rotatable bonds is 9. The Morgan fingerprint density at radius 3 is 1.75 bits per heavy atom. The largest absolute Gasteiger partial charge is 0.466 e. The van der Waals surface area contributed by atoms with Gasteiger partial charge in [0.1, 0.15) is 6.61 Å². The molecule has 0 aliphatic rings. The van der Waals surface area contributed by atoms with E-state index in [0.717, 1.165) is 0 Å². The fraction of sp³-hybridized carbons (Fsp3) is 0.600. The van der Waals surface area contributed by atoms with E-state index in [9.17, 15) is 4.79 Å². The summed E-state index contributed by atoms with van der Waals surface area (Å²) >= 11 is 0. The molecule has 0 aromatic carbocycles. The minimum Gasteiger partial charge on any atom is -0.466 e. The van der Waals surface area contributed by atoms with E-state index in [-0.39, 0.29) is 45.0 Å². The summed E-state index contributed by atoms with van der Waals surface area (Å²) in [6.45, 7) is 11.3. The van der Waals surface area contributed by atoms with Crippen LogP contribution in [0.3, 0.4) is 0 Å². The molecule has 0 aliphatic heterocycles. The fourth-order valence-corrected chi connectivity index (χ4v) is 1.42. The van der Waals surface area contributed by atoms with E-state index in [4.69, 9.17) is 27.6 Å². The molecule has 0 rings (SSSR count). The Kier molecular flexibility index (Phi) is 15.6. The molecule has 0 heterocycles. The van der Waals surface area contributed by atoms with Crippen LogP contribution in [0.15, 0.2) is 0 Å². The second-order valence-electron chi connectivity index (χ2n) is 4.48. The first-order valence-corrected chi connectivity index (χ1v) is 6.89. The van der Waals surface area contributed by atoms with Crippen LogP contribution < -0.4 is 0 Å². The second kappa shape index (κ2) is 16.2. The fourth-order valence-electron chi connectivity index (χ4n) is 1.42. The predicted octanol–water partition coefficient (Wildman–Crippen LogP) is 0.498. The number of hydrogen-bond donors (Lipinski definition) is 0. The summed E-state index contributed by atoms with van der Waals surface area (Å²) in [6.07, 6.45) is -0.380. The van der Waals surface area contributed by atoms with Gasteiger partial charge in [0.05, 0.1) is 50.5 Å². The molecular weight excluding hydrogens is 310 g/mol. The SMILES string of the molecule is CC(COC=O)N(CC#N)CC#N.[C-]#[N+]C(C)N(CC#N)CC#N. The Balaban J connectivity index is 0. The van der Waals surface area contributed by atoms with Crippen molar-refractivity contribution in [1.29, 1.82) is 21.0 Å². The lowest BCUT2D eigenvalue weighted by Crippen LogP contribution is -2.37. The molecule has 2 unspecified atom stereocenters. The number of ether oxygens (including phenoxy) is 1. The molecule has 0 aromatic rings. The smallest absolute Gasteiger partial charge is 0.293 e. The monoisotopic (exact) mass is 329 g/mol. The molecule has 0 radical (unpaired) electrons. The third kappa shape index (κ3) is 11.5. The lowest BCUT2D eigenvalue weighted by Gasteiger charge is -2.22. The average molecular weight is 329 g/mol. The van der Waals surface area contributed by atoms with Crippen molar-refractivity contribution in [2.45, 2.75) is 26.1 Å². The normalized spacial score (nSPS) is 11.3. The quantitative estimate of drug-likeness (QED) is 0.339. The summed E-state index contributed by atoms with van der Waals surface area (Å²) in [5, 5.41) is 33.5. The van der Waals surface area contributed by atoms with E-state index in [2.05, 4.69) is 9.58 Å². The van der Waals surface area contributed by atoms with Gasteiger partial charge < -0.3 is 4.74 Å². The lowest BCUT2D eigenvalue weighted by molar-refractivity contribution is -0.130. The second-order valence-corrected chi connectivity index (χ2v) is 4.48. The molecule has 0 bridgehead atoms. The molecule has 0 fully saturated rings. The Morgan fingerprint density at radius 2 is 1.42 bits per heavy atom. The van der Waals surface area contributed by atoms with Gasteiger partial charge in [-0.05, 0) is 6.92 Å². The molecule has 0 spiro atoms. The molecule has 0 N–H and O–H groups in total. The lowest BCUT2D eigenvalue weighted by atomic mass is 10.3. The van der Waals surface area contributed by atoms with E-state index in [1.54, 1.807) is 18.7 Å². The van der Waals surface area contributed by atoms with Crippen LogP contribution in [0.4, 0.5) is 0 Å². The van der Waals surface area contributed by atoms with Crippen molar-refractivity contribution >= 4 is 6.47 Å². The van der Waals surface area contributed by atoms with E-state index in [1.165, 1.54) is 4.90 Å². The van der Waals surface area contributed by atoms with Crippen molar-refractivity contribution in [3.8, 4) is 24.3 Å². The maximum absolute atomic E-state index is 9.88. The summed E-state index contributed by atoms with van der Waals surface area (Å²) in [5.41, 5.74) is 0. The topological polar surface area (TPSA) is 132 Å². The van der Waals surface area contributed by atoms with Crippen LogP contribution in [0, 0.1) is 51.9 Å². The maximum atomic E-state index is 9.88. The Hall–Kier alpha value is -3.16. The maximum Gasteiger partial charge on any atom is 0.293 e. The Morgan fingerprint density at radius 1 is 1.00 bits per heavy atom. The molecule has 0 aromatic heterocycles. The van der Waals surface area contributed by atoms with Gasteiger partial charge in [-0.25, -0.2) is 11.5 Å². The first kappa shape index (κ1) is 23.1. The minimum absolute atomic E-state index is 0.107. The van der Waals surface area contributed by atoms with Crippen LogP contribution in [-0.2, 0) is 9.53 Å². The van der Waals surface area contributed by atoms with Crippen LogP contribution in [0.25, 0.3) is 4.85 Å². The Labute approximate surface area is 142 Å². The third-order valence-corrected chi connectivity index (χ3v) is 2.84. The molecular formula is C15H19N7O2. The molecule has 0 saturated heterocycles. The van der Waals surface area contributed by atoms with Crippen molar-refractivity contribution in [2.24, 2.45) is 0 Å². The highest BCUT2D eigenvalue weighted by atomic mass is 16.5. The van der Waals surface area contributed by atoms with Gasteiger partial charge in [0, 0.05) is 13.0 Å². The van der Waals surface area contributed by atoms with Gasteiger partial charge in [0.15, 0.2) is 0 Å². The van der Waals surface area contributed by atoms with Crippen LogP contribution in [0.5, 0.6) is 0 Å². The standard InChI is InChI=1S/C8H11N3O2.C7H8N4/c1-8(6-13-7-12)11(4-2-9)5-3-10;1-7(10-2)11(5-3-8)6-4-9/h7-8H,4-6H2,1H3;7H,5-6H2,1H3. The molecule has 0 aliphatic carbocycles. The van der Waals surface area contributed by atoms with E-state index >= 15 is 0 Å². The summed E-state index contributed by atoms with van der Waals surface area (Å²) in [6, 6.07) is 7.57. The summed E-state index contributed by atoms with van der Waals surface area (Å²) in [5.74, 6) is 0. The van der Waals surface area contributed by atoms with Crippen molar-refractivity contribution in [2.75, 3.05) is 32.8 Å². The number of nitrogens with zero attached hydrogens (tertiary/aromatic N) is 7. The van der Waals surface area contributed by atoms with Gasteiger partial charge in [-0.3, -0.25) is 14.5 Å². The zero-order chi connectivity index (χ0) is 18.8. The molecule has 0 amide bonds. The molecule has 9 heteroatoms. The first-order chi connectivity index (χ1) is 11.5. The van der Waals surface area contributed by atoms with E-state index in [1.807, 2.05) is 24.3 Å². The minimum atomic E-state index is -0.380. The van der Waals surface area contributed by atoms with Crippen molar-refractivity contribution in [3.05, 3.63) is 11.4 Å². The van der Waals surface area contributed by atoms with Crippen LogP contribution in [-0.4, -0.2) is 61.3 Å². The van der Waals surface area contributed by atoms with Gasteiger partial charge in [-0.15, -0.1) is 0 Å². The zero-order valence-corrected chi connectivity index (χ0v) is 13.7. The van der Waals surface area contributed by atoms with Gasteiger partial charge >= 0.3 is 0 Å². The summed E-state index contributed by atoms with van der Waals surface area (Å²) in [4.78, 5) is 16.2. The molecule has 0 saturated carbocycles. The average Bonchev–Trinajstić information content (AvgIpc) is 2.59. The van der Waals surface area contributed by atoms with Crippen LogP contribution in [0.2, 0.25) is 0 Å². The zero-order valence-electron chi connectivity index (χ0n) is 13.7. The number of carbonyl (C=O) groups is 1. The highest BCUT2D eigenvalue weighted by Crippen LogP contribution is 1.98. The van der Waals surface area contributed by atoms with Crippen molar-refractivity contribution < 1.29 is 9.53 Å². The predicted molar refractivity (Wildman–Crippen MR) is 83.1 cm³/mol. The molecule has 9 nitrogen and oxygen atoms in total. The molecule has 24 heavy (non-hydrogen) atoms. The highest BCUT2D eigenvalue weighted by Gasteiger charge is 2.15. The summed E-state index contributed by atoms with van der Waals surface area (Å²) in [7, 11) is 0. The van der Waals surface area contributed by atoms with Gasteiger partial charge in [0.25, 0.3) is 12.6 Å². The highest BCUT2D eigenvalue weighted by molar-refractivity contribution is 5.36. The Bertz CT molecular complexity index is 527. The van der Waals surface area contributed by atoms with Crippen molar-refractivity contribution in [3.63, 3.8) is 0 Å². The van der Waals surface area contributed by atoms with Crippen molar-refractivity contribution in [1.82, 2.24) is 9.80 Å². The first-order valence-electron chi connectivity index (χ1n) is 6.89. The molecule has 126 valence electrons. The number of nitriles is 4. The van der Waals surface area contributed by atoms with Gasteiger partial charge in [-0.2, -0.15) is 21.0 Å². The summed E-state index contributed by atoms with van der Waals surface area (Å²) < 4.78 is 4.53. The van der Waals surface area contributed by atoms with E-state index in [0.29, 0.717) is 6.47 Å². The number of hydrogen-bond acceptors (Lipinski definition) is 8.